The molecule has 1 aliphatic carbocycles. The van der Waals surface area contributed by atoms with Crippen molar-refractivity contribution in [3.05, 3.63) is 11.3 Å². The molecule has 0 bridgehead atoms. The van der Waals surface area contributed by atoms with Gasteiger partial charge in [0.15, 0.2) is 5.78 Å². The predicted octanol–water partition coefficient (Wildman–Crippen LogP) is 3.46. The van der Waals surface area contributed by atoms with Crippen LogP contribution in [0.1, 0.15) is 52.4 Å². The van der Waals surface area contributed by atoms with E-state index in [2.05, 4.69) is 5.16 Å². The fraction of sp³-hybridized carbons (Fsp3) is 0.765. The van der Waals surface area contributed by atoms with Crippen molar-refractivity contribution in [2.24, 2.45) is 17.0 Å². The van der Waals surface area contributed by atoms with Gasteiger partial charge in [-0.25, -0.2) is 0 Å². The van der Waals surface area contributed by atoms with Gasteiger partial charge in [-0.2, -0.15) is 11.8 Å². The number of ketones is 1. The Morgan fingerprint density at radius 1 is 1.35 bits per heavy atom. The number of hydrogen-bond acceptors (Lipinski definition) is 5. The van der Waals surface area contributed by atoms with E-state index >= 15 is 0 Å². The molecule has 2 rings (SSSR count). The minimum absolute atomic E-state index is 0. The normalized spacial score (nSPS) is 26.0. The van der Waals surface area contributed by atoms with Gasteiger partial charge in [0.05, 0.1) is 11.3 Å². The van der Waals surface area contributed by atoms with Crippen molar-refractivity contribution in [1.82, 2.24) is 0 Å². The van der Waals surface area contributed by atoms with Crippen molar-refractivity contribution < 1.29 is 14.7 Å². The van der Waals surface area contributed by atoms with E-state index in [1.165, 1.54) is 18.6 Å². The van der Waals surface area contributed by atoms with Gasteiger partial charge in [0.2, 0.25) is 0 Å². The average Bonchev–Trinajstić information content (AvgIpc) is 2.52. The van der Waals surface area contributed by atoms with Gasteiger partial charge < -0.3 is 9.94 Å². The van der Waals surface area contributed by atoms with Crippen LogP contribution in [0.15, 0.2) is 16.5 Å². The van der Waals surface area contributed by atoms with Crippen LogP contribution in [0.2, 0.25) is 0 Å². The number of rotatable bonds is 6. The summed E-state index contributed by atoms with van der Waals surface area (Å²) in [4.78, 5) is 17.7. The van der Waals surface area contributed by atoms with Gasteiger partial charge in [-0.15, -0.1) is 0 Å². The Labute approximate surface area is 165 Å². The molecule has 1 N–H and O–H groups in total. The van der Waals surface area contributed by atoms with Crippen LogP contribution in [0.4, 0.5) is 0 Å². The molecule has 0 spiro atoms. The van der Waals surface area contributed by atoms with Gasteiger partial charge in [-0.1, -0.05) is 18.5 Å². The molecule has 6 heteroatoms. The molecule has 0 aromatic carbocycles. The number of carbonyl (C=O) groups excluding carboxylic acids is 1. The van der Waals surface area contributed by atoms with Crippen molar-refractivity contribution >= 4 is 52.8 Å². The molecule has 126 valence electrons. The molecule has 2 atom stereocenters. The topological polar surface area (TPSA) is 58.9 Å². The molecule has 1 heterocycles. The third kappa shape index (κ3) is 5.80. The second kappa shape index (κ2) is 10.8. The van der Waals surface area contributed by atoms with Crippen LogP contribution in [0.5, 0.6) is 0 Å². The average molecular weight is 349 g/mol. The summed E-state index contributed by atoms with van der Waals surface area (Å²) < 4.78 is 0. The zero-order chi connectivity index (χ0) is 15.9. The first kappa shape index (κ1) is 21.1. The fourth-order valence-electron chi connectivity index (χ4n) is 3.32. The third-order valence-corrected chi connectivity index (χ3v) is 5.65. The van der Waals surface area contributed by atoms with Crippen LogP contribution in [0, 0.1) is 11.8 Å². The molecule has 23 heavy (non-hydrogen) atoms. The number of Topliss-reactive ketones (excluding diaryl/α,β-unsaturated/α-hetero) is 1. The van der Waals surface area contributed by atoms with Crippen molar-refractivity contribution in [3.8, 4) is 0 Å². The molecule has 0 radical (unpaired) electrons. The Morgan fingerprint density at radius 2 is 2.13 bits per heavy atom. The zero-order valence-corrected chi connectivity index (χ0v) is 14.5. The monoisotopic (exact) mass is 349 g/mol. The third-order valence-electron chi connectivity index (χ3n) is 4.41. The molecule has 1 fully saturated rings. The van der Waals surface area contributed by atoms with E-state index in [0.29, 0.717) is 49.0 Å². The summed E-state index contributed by atoms with van der Waals surface area (Å²) >= 11 is 1.97. The maximum absolute atomic E-state index is 12.6. The van der Waals surface area contributed by atoms with Gasteiger partial charge >= 0.3 is 29.6 Å². The van der Waals surface area contributed by atoms with E-state index in [4.69, 9.17) is 4.84 Å². The number of aliphatic hydroxyl groups excluding tert-OH is 1. The van der Waals surface area contributed by atoms with Crippen LogP contribution in [0.3, 0.4) is 0 Å². The Hall–Kier alpha value is 0.0300. The molecule has 0 aromatic rings. The number of carbonyl (C=O) groups is 1. The number of hydrogen-bond donors (Lipinski definition) is 1. The predicted molar refractivity (Wildman–Crippen MR) is 98.6 cm³/mol. The van der Waals surface area contributed by atoms with E-state index in [1.807, 2.05) is 25.6 Å². The Balaban J connectivity index is 0.00000264. The standard InChI is InChI=1S/C17H27NO3S.Na.H/c1-3-6-14(18-21-4-2)17-15(19)9-13(10-16(17)20)12-7-5-8-22-11-12;;/h12-13,19H,3-11H2,1-2H3;;/b18-14+;;. The molecule has 0 aromatic heterocycles. The SMILES string of the molecule is CCC/C(=N\OCC)C1=C(O)CC(C2CCCSC2)CC1=O.[NaH]. The van der Waals surface area contributed by atoms with E-state index in [9.17, 15) is 9.90 Å². The summed E-state index contributed by atoms with van der Waals surface area (Å²) in [6.45, 7) is 4.37. The van der Waals surface area contributed by atoms with Gasteiger partial charge in [-0.05, 0) is 49.5 Å². The summed E-state index contributed by atoms with van der Waals surface area (Å²) in [5.41, 5.74) is 1.04. The number of oxime groups is 1. The Bertz CT molecular complexity index is 459. The van der Waals surface area contributed by atoms with Gasteiger partial charge in [0.25, 0.3) is 0 Å². The van der Waals surface area contributed by atoms with Crippen LogP contribution in [-0.4, -0.2) is 64.3 Å². The van der Waals surface area contributed by atoms with Crippen molar-refractivity contribution in [1.29, 1.82) is 0 Å². The fourth-order valence-corrected chi connectivity index (χ4v) is 4.60. The van der Waals surface area contributed by atoms with Crippen LogP contribution < -0.4 is 0 Å². The molecule has 1 aliphatic heterocycles. The molecule has 2 unspecified atom stereocenters. The second-order valence-electron chi connectivity index (χ2n) is 6.10. The first-order chi connectivity index (χ1) is 10.7. The Kier molecular flexibility index (Phi) is 9.90. The van der Waals surface area contributed by atoms with E-state index in [0.717, 1.165) is 12.2 Å². The molecule has 4 nitrogen and oxygen atoms in total. The maximum atomic E-state index is 12.6. The van der Waals surface area contributed by atoms with Crippen molar-refractivity contribution in [2.45, 2.75) is 52.4 Å². The summed E-state index contributed by atoms with van der Waals surface area (Å²) in [5.74, 6) is 3.46. The van der Waals surface area contributed by atoms with E-state index < -0.39 is 0 Å². The molecule has 0 saturated carbocycles. The number of allylic oxidation sites excluding steroid dienone is 2. The molecule has 1 saturated heterocycles. The number of thioether (sulfide) groups is 1. The van der Waals surface area contributed by atoms with Gasteiger partial charge in [0, 0.05) is 12.8 Å². The molecule has 0 amide bonds. The Morgan fingerprint density at radius 3 is 2.70 bits per heavy atom. The van der Waals surface area contributed by atoms with Crippen LogP contribution in [-0.2, 0) is 9.63 Å². The van der Waals surface area contributed by atoms with E-state index in [1.54, 1.807) is 0 Å². The molecule has 2 aliphatic rings. The van der Waals surface area contributed by atoms with E-state index in [-0.39, 0.29) is 41.1 Å². The summed E-state index contributed by atoms with van der Waals surface area (Å²) in [6.07, 6.45) is 5.10. The second-order valence-corrected chi connectivity index (χ2v) is 7.25. The van der Waals surface area contributed by atoms with Crippen molar-refractivity contribution in [2.75, 3.05) is 18.1 Å². The molecular weight excluding hydrogens is 321 g/mol. The first-order valence-corrected chi connectivity index (χ1v) is 9.55. The number of nitrogens with zero attached hydrogens (tertiary/aromatic N) is 1. The van der Waals surface area contributed by atoms with Crippen molar-refractivity contribution in [3.63, 3.8) is 0 Å². The quantitative estimate of drug-likeness (QED) is 0.453. The van der Waals surface area contributed by atoms with Gasteiger partial charge in [-0.3, -0.25) is 4.79 Å². The summed E-state index contributed by atoms with van der Waals surface area (Å²) in [5, 5.41) is 14.5. The first-order valence-electron chi connectivity index (χ1n) is 8.39. The zero-order valence-electron chi connectivity index (χ0n) is 13.6. The molecular formula is C17H28NNaO3S. The summed E-state index contributed by atoms with van der Waals surface area (Å²) in [6, 6.07) is 0. The number of aliphatic hydroxyl groups is 1. The van der Waals surface area contributed by atoms with Crippen LogP contribution >= 0.6 is 11.8 Å². The van der Waals surface area contributed by atoms with Crippen LogP contribution in [0.25, 0.3) is 0 Å². The minimum atomic E-state index is 0. The summed E-state index contributed by atoms with van der Waals surface area (Å²) in [7, 11) is 0. The van der Waals surface area contributed by atoms with Gasteiger partial charge in [0.1, 0.15) is 12.4 Å².